The zero-order valence-electron chi connectivity index (χ0n) is 17.4. The van der Waals surface area contributed by atoms with Crippen LogP contribution in [0.15, 0.2) is 59.1 Å². The van der Waals surface area contributed by atoms with E-state index < -0.39 is 0 Å². The first-order valence-electron chi connectivity index (χ1n) is 10.3. The van der Waals surface area contributed by atoms with Crippen LogP contribution in [-0.2, 0) is 0 Å². The summed E-state index contributed by atoms with van der Waals surface area (Å²) in [7, 11) is 1.67. The summed E-state index contributed by atoms with van der Waals surface area (Å²) in [4.78, 5) is 15.6. The van der Waals surface area contributed by atoms with Gasteiger partial charge in [-0.05, 0) is 50.6 Å². The molecule has 1 saturated heterocycles. The van der Waals surface area contributed by atoms with Gasteiger partial charge in [-0.25, -0.2) is 0 Å². The lowest BCUT2D eigenvalue weighted by Gasteiger charge is -2.28. The maximum Gasteiger partial charge on any atom is 0.257 e. The highest BCUT2D eigenvalue weighted by atomic mass is 16.5. The van der Waals surface area contributed by atoms with Crippen LogP contribution in [0, 0.1) is 6.92 Å². The molecule has 1 aliphatic heterocycles. The number of methoxy groups -OCH3 is 1. The lowest BCUT2D eigenvalue weighted by Crippen LogP contribution is -2.37. The molecule has 0 unspecified atom stereocenters. The standard InChI is InChI=1S/C24H27N3O3/c1-17-22(23(26-30-17)19-8-4-3-5-9-19)24(28)25-16-21(27-14-6-7-15-27)18-10-12-20(29-2)13-11-18/h3-5,8-13,21H,6-7,14-16H2,1-2H3,(H,25,28)/t21-/m1/s1. The molecule has 6 heteroatoms. The van der Waals surface area contributed by atoms with Crippen molar-refractivity contribution in [1.29, 1.82) is 0 Å². The molecule has 1 amide bonds. The Bertz CT molecular complexity index is 977. The Hall–Kier alpha value is -3.12. The molecule has 0 bridgehead atoms. The molecule has 2 aromatic carbocycles. The van der Waals surface area contributed by atoms with Crippen molar-refractivity contribution in [3.63, 3.8) is 0 Å². The van der Waals surface area contributed by atoms with Crippen molar-refractivity contribution in [2.24, 2.45) is 0 Å². The maximum atomic E-state index is 13.1. The summed E-state index contributed by atoms with van der Waals surface area (Å²) in [5, 5.41) is 7.26. The second-order valence-electron chi connectivity index (χ2n) is 7.57. The Balaban J connectivity index is 1.54. The fraction of sp³-hybridized carbons (Fsp3) is 0.333. The Morgan fingerprint density at radius 3 is 2.50 bits per heavy atom. The van der Waals surface area contributed by atoms with Crippen LogP contribution in [-0.4, -0.2) is 42.7 Å². The number of aryl methyl sites for hydroxylation is 1. The Labute approximate surface area is 176 Å². The van der Waals surface area contributed by atoms with Gasteiger partial charge in [0.05, 0.1) is 13.2 Å². The van der Waals surface area contributed by atoms with Gasteiger partial charge >= 0.3 is 0 Å². The SMILES string of the molecule is COc1ccc([C@@H](CNC(=O)c2c(-c3ccccc3)noc2C)N2CCCC2)cc1. The minimum atomic E-state index is -0.162. The molecule has 1 aliphatic rings. The second-order valence-corrected chi connectivity index (χ2v) is 7.57. The molecule has 2 heterocycles. The van der Waals surface area contributed by atoms with E-state index in [-0.39, 0.29) is 11.9 Å². The summed E-state index contributed by atoms with van der Waals surface area (Å²) < 4.78 is 10.6. The van der Waals surface area contributed by atoms with Crippen molar-refractivity contribution in [3.8, 4) is 17.0 Å². The maximum absolute atomic E-state index is 13.1. The topological polar surface area (TPSA) is 67.6 Å². The van der Waals surface area contributed by atoms with E-state index in [4.69, 9.17) is 9.26 Å². The fourth-order valence-electron chi connectivity index (χ4n) is 4.05. The van der Waals surface area contributed by atoms with Crippen LogP contribution in [0.1, 0.15) is 40.6 Å². The predicted molar refractivity (Wildman–Crippen MR) is 116 cm³/mol. The highest BCUT2D eigenvalue weighted by Gasteiger charge is 2.26. The van der Waals surface area contributed by atoms with Crippen molar-refractivity contribution < 1.29 is 14.1 Å². The van der Waals surface area contributed by atoms with Crippen LogP contribution < -0.4 is 10.1 Å². The van der Waals surface area contributed by atoms with Gasteiger partial charge in [0, 0.05) is 12.1 Å². The third kappa shape index (κ3) is 4.24. The minimum absolute atomic E-state index is 0.114. The number of nitrogens with zero attached hydrogens (tertiary/aromatic N) is 2. The quantitative estimate of drug-likeness (QED) is 0.637. The molecule has 0 spiro atoms. The third-order valence-electron chi connectivity index (χ3n) is 5.67. The molecule has 156 valence electrons. The molecule has 0 radical (unpaired) electrons. The first-order valence-corrected chi connectivity index (χ1v) is 10.3. The normalized spacial score (nSPS) is 15.1. The number of aromatic nitrogens is 1. The van der Waals surface area contributed by atoms with Crippen LogP contribution in [0.25, 0.3) is 11.3 Å². The number of hydrogen-bond donors (Lipinski definition) is 1. The summed E-state index contributed by atoms with van der Waals surface area (Å²) in [6.07, 6.45) is 2.37. The number of carbonyl (C=O) groups is 1. The zero-order chi connectivity index (χ0) is 20.9. The largest absolute Gasteiger partial charge is 0.497 e. The molecule has 1 aromatic heterocycles. The highest BCUT2D eigenvalue weighted by molar-refractivity contribution is 6.00. The van der Waals surface area contributed by atoms with E-state index in [1.807, 2.05) is 42.5 Å². The second kappa shape index (κ2) is 9.13. The summed E-state index contributed by atoms with van der Waals surface area (Å²) >= 11 is 0. The van der Waals surface area contributed by atoms with Crippen LogP contribution in [0.2, 0.25) is 0 Å². The first-order chi connectivity index (χ1) is 14.7. The van der Waals surface area contributed by atoms with Gasteiger partial charge in [0.15, 0.2) is 0 Å². The summed E-state index contributed by atoms with van der Waals surface area (Å²) in [6, 6.07) is 17.9. The number of likely N-dealkylation sites (tertiary alicyclic amines) is 1. The molecule has 1 atom stereocenters. The minimum Gasteiger partial charge on any atom is -0.497 e. The van der Waals surface area contributed by atoms with E-state index in [0.717, 1.165) is 24.4 Å². The average Bonchev–Trinajstić information content (AvgIpc) is 3.45. The molecule has 1 N–H and O–H groups in total. The van der Waals surface area contributed by atoms with E-state index in [1.54, 1.807) is 14.0 Å². The third-order valence-corrected chi connectivity index (χ3v) is 5.67. The number of rotatable bonds is 7. The molecular weight excluding hydrogens is 378 g/mol. The molecule has 30 heavy (non-hydrogen) atoms. The molecule has 4 rings (SSSR count). The molecule has 0 saturated carbocycles. The lowest BCUT2D eigenvalue weighted by molar-refractivity contribution is 0.0937. The van der Waals surface area contributed by atoms with Gasteiger partial charge in [0.1, 0.15) is 22.8 Å². The monoisotopic (exact) mass is 405 g/mol. The number of hydrogen-bond acceptors (Lipinski definition) is 5. The van der Waals surface area contributed by atoms with Crippen molar-refractivity contribution in [3.05, 3.63) is 71.5 Å². The summed E-state index contributed by atoms with van der Waals surface area (Å²) in [6.45, 7) is 4.36. The molecule has 3 aromatic rings. The van der Waals surface area contributed by atoms with E-state index in [0.29, 0.717) is 23.6 Å². The number of amides is 1. The van der Waals surface area contributed by atoms with Crippen molar-refractivity contribution in [2.75, 3.05) is 26.7 Å². The first kappa shape index (κ1) is 20.2. The van der Waals surface area contributed by atoms with Crippen molar-refractivity contribution in [1.82, 2.24) is 15.4 Å². The van der Waals surface area contributed by atoms with Gasteiger partial charge in [-0.1, -0.05) is 47.6 Å². The average molecular weight is 405 g/mol. The lowest BCUT2D eigenvalue weighted by atomic mass is 10.0. The summed E-state index contributed by atoms with van der Waals surface area (Å²) in [5.41, 5.74) is 3.11. The molecule has 0 aliphatic carbocycles. The van der Waals surface area contributed by atoms with E-state index >= 15 is 0 Å². The van der Waals surface area contributed by atoms with Gasteiger partial charge < -0.3 is 14.6 Å². The number of nitrogens with one attached hydrogen (secondary N) is 1. The van der Waals surface area contributed by atoms with E-state index in [2.05, 4.69) is 27.5 Å². The van der Waals surface area contributed by atoms with Crippen LogP contribution in [0.4, 0.5) is 0 Å². The van der Waals surface area contributed by atoms with Crippen molar-refractivity contribution in [2.45, 2.75) is 25.8 Å². The number of ether oxygens (including phenoxy) is 1. The van der Waals surface area contributed by atoms with E-state index in [9.17, 15) is 4.79 Å². The van der Waals surface area contributed by atoms with E-state index in [1.165, 1.54) is 18.4 Å². The van der Waals surface area contributed by atoms with Gasteiger partial charge in [-0.2, -0.15) is 0 Å². The Kier molecular flexibility index (Phi) is 6.14. The summed E-state index contributed by atoms with van der Waals surface area (Å²) in [5.74, 6) is 1.19. The van der Waals surface area contributed by atoms with Crippen LogP contribution in [0.3, 0.4) is 0 Å². The number of benzene rings is 2. The number of carbonyl (C=O) groups excluding carboxylic acids is 1. The zero-order valence-corrected chi connectivity index (χ0v) is 17.4. The van der Waals surface area contributed by atoms with Crippen LogP contribution >= 0.6 is 0 Å². The fourth-order valence-corrected chi connectivity index (χ4v) is 4.05. The molecular formula is C24H27N3O3. The molecule has 6 nitrogen and oxygen atoms in total. The Morgan fingerprint density at radius 2 is 1.83 bits per heavy atom. The smallest absolute Gasteiger partial charge is 0.257 e. The Morgan fingerprint density at radius 1 is 1.13 bits per heavy atom. The molecule has 1 fully saturated rings. The van der Waals surface area contributed by atoms with Crippen molar-refractivity contribution >= 4 is 5.91 Å². The van der Waals surface area contributed by atoms with Gasteiger partial charge in [0.2, 0.25) is 0 Å². The predicted octanol–water partition coefficient (Wildman–Crippen LogP) is 4.23. The van der Waals surface area contributed by atoms with Crippen LogP contribution in [0.5, 0.6) is 5.75 Å². The van der Waals surface area contributed by atoms with Gasteiger partial charge in [0.25, 0.3) is 5.91 Å². The van der Waals surface area contributed by atoms with Gasteiger partial charge in [-0.15, -0.1) is 0 Å². The highest BCUT2D eigenvalue weighted by Crippen LogP contribution is 2.28. The van der Waals surface area contributed by atoms with Gasteiger partial charge in [-0.3, -0.25) is 9.69 Å².